The van der Waals surface area contributed by atoms with Gasteiger partial charge in [0, 0.05) is 33.5 Å². The van der Waals surface area contributed by atoms with Crippen LogP contribution in [-0.4, -0.2) is 56.7 Å². The van der Waals surface area contributed by atoms with Gasteiger partial charge in [-0.1, -0.05) is 0 Å². The van der Waals surface area contributed by atoms with Crippen LogP contribution in [0, 0.1) is 0 Å². The van der Waals surface area contributed by atoms with E-state index in [4.69, 9.17) is 9.47 Å². The Morgan fingerprint density at radius 2 is 2.20 bits per heavy atom. The topological polar surface area (TPSA) is 83.6 Å². The number of hydrogen-bond donors (Lipinski definition) is 3. The molecule has 7 nitrogen and oxygen atoms in total. The van der Waals surface area contributed by atoms with E-state index in [1.807, 2.05) is 6.07 Å². The third-order valence-corrected chi connectivity index (χ3v) is 2.42. The molecule has 0 radical (unpaired) electrons. The van der Waals surface area contributed by atoms with Crippen molar-refractivity contribution in [2.24, 2.45) is 4.99 Å². The average molecular weight is 397 g/mol. The zero-order valence-electron chi connectivity index (χ0n) is 12.0. The van der Waals surface area contributed by atoms with Crippen LogP contribution in [0.1, 0.15) is 12.1 Å². The summed E-state index contributed by atoms with van der Waals surface area (Å²) in [5, 5.41) is 13.2. The molecular formula is C12H24IN5O2. The van der Waals surface area contributed by atoms with Crippen LogP contribution in [0.25, 0.3) is 0 Å². The van der Waals surface area contributed by atoms with Crippen molar-refractivity contribution in [3.63, 3.8) is 0 Å². The molecule has 0 fully saturated rings. The molecule has 0 aliphatic carbocycles. The van der Waals surface area contributed by atoms with Gasteiger partial charge in [-0.25, -0.2) is 0 Å². The number of aromatic nitrogens is 2. The predicted octanol–water partition coefficient (Wildman–Crippen LogP) is 0.746. The average Bonchev–Trinajstić information content (AvgIpc) is 2.94. The number of ether oxygens (including phenoxy) is 2. The lowest BCUT2D eigenvalue weighted by Gasteiger charge is -2.11. The predicted molar refractivity (Wildman–Crippen MR) is 89.5 cm³/mol. The van der Waals surface area contributed by atoms with Gasteiger partial charge >= 0.3 is 0 Å². The fraction of sp³-hybridized carbons (Fsp3) is 0.667. The molecule has 1 rings (SSSR count). The third-order valence-electron chi connectivity index (χ3n) is 2.42. The van der Waals surface area contributed by atoms with Crippen LogP contribution in [0.4, 0.5) is 0 Å². The maximum Gasteiger partial charge on any atom is 0.191 e. The standard InChI is InChI=1S/C12H23N5O2.HI/c1-13-12(15-10-11-4-6-16-17-11)14-5-3-7-19-9-8-18-2;/h4,6H,3,5,7-10H2,1-2H3,(H,16,17)(H2,13,14,15);1H. The first kappa shape index (κ1) is 19.1. The van der Waals surface area contributed by atoms with E-state index < -0.39 is 0 Å². The number of guanidine groups is 1. The highest BCUT2D eigenvalue weighted by atomic mass is 127. The molecule has 0 aromatic carbocycles. The first-order valence-electron chi connectivity index (χ1n) is 6.36. The van der Waals surface area contributed by atoms with Gasteiger partial charge in [0.2, 0.25) is 0 Å². The number of rotatable bonds is 9. The van der Waals surface area contributed by atoms with Gasteiger partial charge in [-0.05, 0) is 12.5 Å². The number of nitrogens with one attached hydrogen (secondary N) is 3. The summed E-state index contributed by atoms with van der Waals surface area (Å²) in [6.45, 7) is 3.48. The van der Waals surface area contributed by atoms with Gasteiger partial charge in [-0.15, -0.1) is 24.0 Å². The second kappa shape index (κ2) is 13.1. The van der Waals surface area contributed by atoms with Gasteiger partial charge in [-0.3, -0.25) is 10.1 Å². The molecule has 20 heavy (non-hydrogen) atoms. The lowest BCUT2D eigenvalue weighted by atomic mass is 10.4. The van der Waals surface area contributed by atoms with Crippen molar-refractivity contribution < 1.29 is 9.47 Å². The zero-order valence-corrected chi connectivity index (χ0v) is 14.3. The maximum atomic E-state index is 5.37. The molecule has 0 saturated heterocycles. The molecule has 1 aromatic rings. The molecule has 0 amide bonds. The second-order valence-electron chi connectivity index (χ2n) is 3.89. The van der Waals surface area contributed by atoms with E-state index in [0.717, 1.165) is 24.6 Å². The normalized spacial score (nSPS) is 11.0. The van der Waals surface area contributed by atoms with Gasteiger partial charge in [0.25, 0.3) is 0 Å². The number of methoxy groups -OCH3 is 1. The Hall–Kier alpha value is -0.870. The van der Waals surface area contributed by atoms with Gasteiger partial charge in [0.1, 0.15) is 0 Å². The van der Waals surface area contributed by atoms with Crippen LogP contribution < -0.4 is 10.6 Å². The highest BCUT2D eigenvalue weighted by Crippen LogP contribution is 1.89. The van der Waals surface area contributed by atoms with E-state index in [0.29, 0.717) is 26.4 Å². The molecule has 0 atom stereocenters. The Morgan fingerprint density at radius 3 is 2.85 bits per heavy atom. The Balaban J connectivity index is 0.00000361. The zero-order chi connectivity index (χ0) is 13.8. The van der Waals surface area contributed by atoms with E-state index in [1.165, 1.54) is 0 Å². The van der Waals surface area contributed by atoms with E-state index in [-0.39, 0.29) is 24.0 Å². The van der Waals surface area contributed by atoms with Crippen LogP contribution in [0.2, 0.25) is 0 Å². The molecule has 0 spiro atoms. The van der Waals surface area contributed by atoms with E-state index in [9.17, 15) is 0 Å². The summed E-state index contributed by atoms with van der Waals surface area (Å²) in [7, 11) is 3.41. The highest BCUT2D eigenvalue weighted by molar-refractivity contribution is 14.0. The lowest BCUT2D eigenvalue weighted by molar-refractivity contribution is 0.0698. The van der Waals surface area contributed by atoms with E-state index in [2.05, 4.69) is 25.8 Å². The Kier molecular flexibility index (Phi) is 12.6. The largest absolute Gasteiger partial charge is 0.382 e. The Morgan fingerprint density at radius 1 is 1.35 bits per heavy atom. The van der Waals surface area contributed by atoms with Gasteiger partial charge in [0.05, 0.1) is 25.5 Å². The molecule has 1 heterocycles. The quantitative estimate of drug-likeness (QED) is 0.248. The molecule has 0 unspecified atom stereocenters. The first-order chi connectivity index (χ1) is 9.36. The molecule has 116 valence electrons. The van der Waals surface area contributed by atoms with Crippen LogP contribution in [0.5, 0.6) is 0 Å². The lowest BCUT2D eigenvalue weighted by Crippen LogP contribution is -2.37. The fourth-order valence-corrected chi connectivity index (χ4v) is 1.41. The smallest absolute Gasteiger partial charge is 0.191 e. The number of halogens is 1. The van der Waals surface area contributed by atoms with Crippen molar-refractivity contribution in [2.45, 2.75) is 13.0 Å². The van der Waals surface area contributed by atoms with Crippen LogP contribution in [0.15, 0.2) is 17.3 Å². The SMILES string of the molecule is CN=C(NCCCOCCOC)NCc1ccn[nH]1.I. The number of nitrogens with zero attached hydrogens (tertiary/aromatic N) is 2. The molecule has 0 saturated carbocycles. The van der Waals surface area contributed by atoms with Crippen molar-refractivity contribution in [2.75, 3.05) is 40.5 Å². The highest BCUT2D eigenvalue weighted by Gasteiger charge is 1.98. The number of aliphatic imine (C=N–C) groups is 1. The summed E-state index contributed by atoms with van der Waals surface area (Å²) in [4.78, 5) is 4.13. The summed E-state index contributed by atoms with van der Waals surface area (Å²) >= 11 is 0. The Labute approximate surface area is 136 Å². The van der Waals surface area contributed by atoms with Crippen molar-refractivity contribution in [1.82, 2.24) is 20.8 Å². The molecule has 3 N–H and O–H groups in total. The van der Waals surface area contributed by atoms with Gasteiger partial charge in [0.15, 0.2) is 5.96 Å². The second-order valence-corrected chi connectivity index (χ2v) is 3.89. The summed E-state index contributed by atoms with van der Waals surface area (Å²) in [5.74, 6) is 0.770. The van der Waals surface area contributed by atoms with Gasteiger partial charge in [-0.2, -0.15) is 5.10 Å². The molecule has 0 aliphatic heterocycles. The van der Waals surface area contributed by atoms with Gasteiger partial charge < -0.3 is 20.1 Å². The van der Waals surface area contributed by atoms with Crippen LogP contribution in [-0.2, 0) is 16.0 Å². The number of aromatic amines is 1. The molecule has 1 aromatic heterocycles. The minimum Gasteiger partial charge on any atom is -0.382 e. The van der Waals surface area contributed by atoms with Crippen molar-refractivity contribution >= 4 is 29.9 Å². The summed E-state index contributed by atoms with van der Waals surface area (Å²) in [6, 6.07) is 1.92. The van der Waals surface area contributed by atoms with Crippen molar-refractivity contribution in [3.8, 4) is 0 Å². The molecule has 0 bridgehead atoms. The third kappa shape index (κ3) is 9.10. The van der Waals surface area contributed by atoms with E-state index >= 15 is 0 Å². The number of hydrogen-bond acceptors (Lipinski definition) is 4. The van der Waals surface area contributed by atoms with Crippen LogP contribution in [0.3, 0.4) is 0 Å². The molecule has 8 heteroatoms. The Bertz CT molecular complexity index is 346. The van der Waals surface area contributed by atoms with Crippen molar-refractivity contribution in [1.29, 1.82) is 0 Å². The monoisotopic (exact) mass is 397 g/mol. The van der Waals surface area contributed by atoms with Crippen LogP contribution >= 0.6 is 24.0 Å². The fourth-order valence-electron chi connectivity index (χ4n) is 1.41. The van der Waals surface area contributed by atoms with Crippen molar-refractivity contribution in [3.05, 3.63) is 18.0 Å². The molecule has 0 aliphatic rings. The molecular weight excluding hydrogens is 373 g/mol. The first-order valence-corrected chi connectivity index (χ1v) is 6.36. The number of H-pyrrole nitrogens is 1. The summed E-state index contributed by atoms with van der Waals surface area (Å²) < 4.78 is 10.3. The van der Waals surface area contributed by atoms with E-state index in [1.54, 1.807) is 20.4 Å². The maximum absolute atomic E-state index is 5.37. The minimum atomic E-state index is 0. The summed E-state index contributed by atoms with van der Waals surface area (Å²) in [6.07, 6.45) is 2.65. The minimum absolute atomic E-state index is 0. The summed E-state index contributed by atoms with van der Waals surface area (Å²) in [5.41, 5.74) is 1.02.